The molecule has 4 aliphatic rings. The topological polar surface area (TPSA) is 58.2 Å². The molecule has 4 fully saturated rings. The molecule has 2 amide bonds. The van der Waals surface area contributed by atoms with Gasteiger partial charge in [0.05, 0.1) is 3.92 Å². The van der Waals surface area contributed by atoms with Crippen molar-refractivity contribution in [2.24, 2.45) is 28.6 Å². The van der Waals surface area contributed by atoms with E-state index in [4.69, 9.17) is 0 Å². The highest BCUT2D eigenvalue weighted by Gasteiger charge is 2.67. The molecule has 164 valence electrons. The van der Waals surface area contributed by atoms with Crippen molar-refractivity contribution >= 4 is 57.0 Å². The summed E-state index contributed by atoms with van der Waals surface area (Å²) in [5.41, 5.74) is 0.0745. The zero-order chi connectivity index (χ0) is 21.4. The predicted octanol–water partition coefficient (Wildman–Crippen LogP) is 5.01. The van der Waals surface area contributed by atoms with Crippen LogP contribution in [0.5, 0.6) is 0 Å². The maximum absolute atomic E-state index is 13.4. The van der Waals surface area contributed by atoms with Crippen molar-refractivity contribution < 1.29 is 9.59 Å². The van der Waals surface area contributed by atoms with Gasteiger partial charge in [0.15, 0.2) is 0 Å². The lowest BCUT2D eigenvalue weighted by molar-refractivity contribution is -0.138. The molecule has 2 N–H and O–H groups in total. The molecule has 4 nitrogen and oxygen atoms in total. The Morgan fingerprint density at radius 1 is 1.10 bits per heavy atom. The quantitative estimate of drug-likeness (QED) is 0.318. The average Bonchev–Trinajstić information content (AvgIpc) is 2.88. The molecule has 8 atom stereocenters. The Morgan fingerprint density at radius 2 is 1.76 bits per heavy atom. The summed E-state index contributed by atoms with van der Waals surface area (Å²) in [7, 11) is 0. The van der Waals surface area contributed by atoms with Crippen LogP contribution in [0.25, 0.3) is 0 Å². The van der Waals surface area contributed by atoms with E-state index in [1.807, 2.05) is 0 Å². The zero-order valence-corrected chi connectivity index (χ0v) is 22.7. The number of rotatable bonds is 1. The molecule has 29 heavy (non-hydrogen) atoms. The number of nitrogens with one attached hydrogen (secondary N) is 2. The van der Waals surface area contributed by atoms with Crippen molar-refractivity contribution in [2.45, 2.75) is 98.5 Å². The summed E-state index contributed by atoms with van der Waals surface area (Å²) >= 11 is 4.86. The number of carbonyl (C=O) groups is 2. The fourth-order valence-electron chi connectivity index (χ4n) is 7.52. The van der Waals surface area contributed by atoms with Gasteiger partial charge in [-0.3, -0.25) is 9.59 Å². The Kier molecular flexibility index (Phi) is 5.61. The highest BCUT2D eigenvalue weighted by molar-refractivity contribution is 14.1. The fraction of sp³-hybridized carbons (Fsp3) is 0.913. The number of hydrogen-bond donors (Lipinski definition) is 2. The molecule has 0 spiro atoms. The number of amides is 2. The van der Waals surface area contributed by atoms with Crippen LogP contribution in [0.1, 0.15) is 79.6 Å². The van der Waals surface area contributed by atoms with E-state index in [1.165, 1.54) is 19.3 Å². The Balaban J connectivity index is 1.61. The van der Waals surface area contributed by atoms with Crippen molar-refractivity contribution in [1.29, 1.82) is 0 Å². The Bertz CT molecular complexity index is 722. The first-order valence-corrected chi connectivity index (χ1v) is 13.6. The van der Waals surface area contributed by atoms with Gasteiger partial charge in [-0.1, -0.05) is 59.0 Å². The van der Waals surface area contributed by atoms with E-state index in [0.29, 0.717) is 23.8 Å². The van der Waals surface area contributed by atoms with Crippen molar-refractivity contribution in [3.05, 3.63) is 0 Å². The minimum Gasteiger partial charge on any atom is -0.352 e. The number of alkyl halides is 2. The van der Waals surface area contributed by atoms with Gasteiger partial charge in [-0.2, -0.15) is 0 Å². The van der Waals surface area contributed by atoms with Crippen LogP contribution in [0.3, 0.4) is 0 Å². The Hall–Kier alpha value is 0.400. The summed E-state index contributed by atoms with van der Waals surface area (Å²) in [6, 6.07) is 0.335. The first-order valence-electron chi connectivity index (χ1n) is 11.3. The molecule has 0 bridgehead atoms. The highest BCUT2D eigenvalue weighted by atomic mass is 127. The van der Waals surface area contributed by atoms with E-state index >= 15 is 0 Å². The zero-order valence-electron chi connectivity index (χ0n) is 18.4. The normalized spacial score (nSPS) is 49.5. The van der Waals surface area contributed by atoms with E-state index < -0.39 is 0 Å². The van der Waals surface area contributed by atoms with Gasteiger partial charge in [-0.25, -0.2) is 0 Å². The highest BCUT2D eigenvalue weighted by Crippen LogP contribution is 2.68. The number of halogens is 2. The summed E-state index contributed by atoms with van der Waals surface area (Å²) in [4.78, 5) is 25.7. The van der Waals surface area contributed by atoms with Crippen LogP contribution in [0, 0.1) is 28.6 Å². The Labute approximate surface area is 203 Å². The monoisotopic (exact) mass is 626 g/mol. The largest absolute Gasteiger partial charge is 0.352 e. The van der Waals surface area contributed by atoms with Crippen LogP contribution in [-0.2, 0) is 9.59 Å². The van der Waals surface area contributed by atoms with Gasteiger partial charge in [0, 0.05) is 11.6 Å². The number of hydrogen-bond acceptors (Lipinski definition) is 2. The molecular formula is C23H36I2N2O2. The minimum absolute atomic E-state index is 0.0644. The first-order chi connectivity index (χ1) is 13.3. The number of piperidine rings is 1. The minimum atomic E-state index is -0.308. The molecule has 0 radical (unpaired) electrons. The van der Waals surface area contributed by atoms with E-state index in [2.05, 4.69) is 90.4 Å². The van der Waals surface area contributed by atoms with Crippen LogP contribution >= 0.6 is 45.2 Å². The molecule has 3 aliphatic carbocycles. The molecule has 4 rings (SSSR count). The van der Waals surface area contributed by atoms with Gasteiger partial charge in [0.1, 0.15) is 3.42 Å². The fourth-order valence-corrected chi connectivity index (χ4v) is 9.77. The molecule has 0 aromatic rings. The molecule has 1 unspecified atom stereocenters. The second kappa shape index (κ2) is 7.20. The van der Waals surface area contributed by atoms with Crippen molar-refractivity contribution in [1.82, 2.24) is 10.6 Å². The maximum Gasteiger partial charge on any atom is 0.237 e. The third-order valence-electron chi connectivity index (χ3n) is 9.03. The second-order valence-corrected chi connectivity index (χ2v) is 15.0. The third-order valence-corrected chi connectivity index (χ3v) is 12.3. The standard InChI is InChI=1S/C23H36I2N2O2/c1-20(2,3)27-19(29)23(25)11-9-15-13-6-7-17-21(4,12-16(24)18(28)26-17)14(13)8-10-22(15,23)5/h13-17H,6-12H2,1-5H3,(H,26,28)(H,27,29)/t13-,14+,15+,16?,17-,21-,22+,23+/m1/s1. The van der Waals surface area contributed by atoms with Crippen molar-refractivity contribution in [3.63, 3.8) is 0 Å². The number of fused-ring (bicyclic) bond motifs is 5. The molecule has 3 saturated carbocycles. The molecule has 0 aromatic heterocycles. The molecule has 6 heteroatoms. The van der Waals surface area contributed by atoms with Gasteiger partial charge < -0.3 is 10.6 Å². The Morgan fingerprint density at radius 3 is 2.41 bits per heavy atom. The van der Waals surface area contributed by atoms with Gasteiger partial charge in [-0.15, -0.1) is 0 Å². The van der Waals surface area contributed by atoms with E-state index in [9.17, 15) is 9.59 Å². The average molecular weight is 626 g/mol. The van der Waals surface area contributed by atoms with Crippen LogP contribution in [0.2, 0.25) is 0 Å². The SMILES string of the molecule is CC(C)(C)NC(=O)[C@@]1(I)CC[C@H]2[C@@H]3CC[C@H]4NC(=O)C(I)C[C@]4(C)[C@H]3CC[C@@]21C. The summed E-state index contributed by atoms with van der Waals surface area (Å²) in [6.07, 6.45) is 7.78. The predicted molar refractivity (Wildman–Crippen MR) is 133 cm³/mol. The van der Waals surface area contributed by atoms with Crippen LogP contribution < -0.4 is 10.6 Å². The third kappa shape index (κ3) is 3.39. The lowest BCUT2D eigenvalue weighted by Crippen LogP contribution is -2.64. The lowest BCUT2D eigenvalue weighted by atomic mass is 9.47. The van der Waals surface area contributed by atoms with Gasteiger partial charge >= 0.3 is 0 Å². The molecular weight excluding hydrogens is 590 g/mol. The van der Waals surface area contributed by atoms with E-state index in [-0.39, 0.29) is 35.5 Å². The van der Waals surface area contributed by atoms with Gasteiger partial charge in [-0.05, 0) is 94.3 Å². The lowest BCUT2D eigenvalue weighted by Gasteiger charge is -2.61. The first kappa shape index (κ1) is 22.6. The van der Waals surface area contributed by atoms with Gasteiger partial charge in [0.25, 0.3) is 0 Å². The maximum atomic E-state index is 13.4. The summed E-state index contributed by atoms with van der Waals surface area (Å²) < 4.78 is -0.219. The second-order valence-electron chi connectivity index (χ2n) is 11.7. The van der Waals surface area contributed by atoms with Crippen molar-refractivity contribution in [2.75, 3.05) is 0 Å². The summed E-state index contributed by atoms with van der Waals surface area (Å²) in [5.74, 6) is 2.45. The van der Waals surface area contributed by atoms with Crippen LogP contribution in [0.4, 0.5) is 0 Å². The number of carbonyl (C=O) groups excluding carboxylic acids is 2. The van der Waals surface area contributed by atoms with Crippen LogP contribution in [0.15, 0.2) is 0 Å². The smallest absolute Gasteiger partial charge is 0.237 e. The van der Waals surface area contributed by atoms with Gasteiger partial charge in [0.2, 0.25) is 11.8 Å². The van der Waals surface area contributed by atoms with Crippen molar-refractivity contribution in [3.8, 4) is 0 Å². The van der Waals surface area contributed by atoms with Crippen LogP contribution in [-0.4, -0.2) is 30.7 Å². The molecule has 1 heterocycles. The molecule has 1 aliphatic heterocycles. The molecule has 0 aromatic carbocycles. The van der Waals surface area contributed by atoms with E-state index in [1.54, 1.807) is 0 Å². The summed E-state index contributed by atoms with van der Waals surface area (Å²) in [6.45, 7) is 11.1. The molecule has 1 saturated heterocycles. The summed E-state index contributed by atoms with van der Waals surface area (Å²) in [5, 5.41) is 6.66. The van der Waals surface area contributed by atoms with E-state index in [0.717, 1.165) is 25.7 Å².